The largest absolute Gasteiger partial charge is 0.373 e. The predicted molar refractivity (Wildman–Crippen MR) is 177 cm³/mol. The zero-order valence-electron chi connectivity index (χ0n) is 24.8. The van der Waals surface area contributed by atoms with Crippen LogP contribution in [0, 0.1) is 5.92 Å². The second-order valence-electron chi connectivity index (χ2n) is 13.1. The van der Waals surface area contributed by atoms with Crippen LogP contribution in [0.1, 0.15) is 107 Å². The summed E-state index contributed by atoms with van der Waals surface area (Å²) in [6, 6.07) is 28.1. The van der Waals surface area contributed by atoms with Crippen molar-refractivity contribution in [2.45, 2.75) is 102 Å². The van der Waals surface area contributed by atoms with Crippen LogP contribution in [0.5, 0.6) is 0 Å². The SMILES string of the molecule is c1ccc2cc3cc4cc5c(C6CCCCO6)c(CC6CCCCCCCCCCC6)ccc5cc4cc3cc2c1. The van der Waals surface area contributed by atoms with Gasteiger partial charge in [-0.05, 0) is 122 Å². The number of rotatable bonds is 3. The minimum atomic E-state index is 0.232. The Kier molecular flexibility index (Phi) is 8.25. The first-order valence-corrected chi connectivity index (χ1v) is 16.8. The first-order valence-electron chi connectivity index (χ1n) is 16.8. The molecule has 0 amide bonds. The van der Waals surface area contributed by atoms with Gasteiger partial charge in [0.2, 0.25) is 0 Å². The molecular formula is C40H46O. The minimum absolute atomic E-state index is 0.232. The van der Waals surface area contributed by atoms with Gasteiger partial charge in [-0.2, -0.15) is 0 Å². The summed E-state index contributed by atoms with van der Waals surface area (Å²) in [5, 5.41) is 10.8. The molecule has 1 heteroatoms. The van der Waals surface area contributed by atoms with Gasteiger partial charge in [-0.1, -0.05) is 107 Å². The first kappa shape index (κ1) is 27.0. The fourth-order valence-electron chi connectivity index (χ4n) is 7.88. The Morgan fingerprint density at radius 1 is 0.488 bits per heavy atom. The van der Waals surface area contributed by atoms with Crippen LogP contribution in [0.4, 0.5) is 0 Å². The Hall–Kier alpha value is -2.90. The van der Waals surface area contributed by atoms with Gasteiger partial charge in [0.15, 0.2) is 0 Å². The van der Waals surface area contributed by atoms with E-state index in [0.29, 0.717) is 0 Å². The van der Waals surface area contributed by atoms with Crippen LogP contribution >= 0.6 is 0 Å². The van der Waals surface area contributed by atoms with E-state index in [1.165, 1.54) is 139 Å². The van der Waals surface area contributed by atoms with Crippen LogP contribution in [-0.2, 0) is 11.2 Å². The van der Waals surface area contributed by atoms with E-state index in [2.05, 4.69) is 72.8 Å². The second kappa shape index (κ2) is 12.5. The van der Waals surface area contributed by atoms with Crippen molar-refractivity contribution >= 4 is 43.1 Å². The normalized spacial score (nSPS) is 20.3. The molecule has 1 aliphatic carbocycles. The molecule has 0 spiro atoms. The van der Waals surface area contributed by atoms with Gasteiger partial charge in [0.25, 0.3) is 0 Å². The second-order valence-corrected chi connectivity index (χ2v) is 13.1. The minimum Gasteiger partial charge on any atom is -0.373 e. The monoisotopic (exact) mass is 542 g/mol. The fraction of sp³-hybridized carbons (Fsp3) is 0.450. The van der Waals surface area contributed by atoms with Crippen molar-refractivity contribution in [3.63, 3.8) is 0 Å². The summed E-state index contributed by atoms with van der Waals surface area (Å²) in [5.74, 6) is 0.798. The summed E-state index contributed by atoms with van der Waals surface area (Å²) in [6.45, 7) is 0.898. The average molecular weight is 543 g/mol. The van der Waals surface area contributed by atoms with Gasteiger partial charge in [-0.15, -0.1) is 0 Å². The van der Waals surface area contributed by atoms with E-state index in [0.717, 1.165) is 18.9 Å². The molecule has 212 valence electrons. The third kappa shape index (κ3) is 6.02. The highest BCUT2D eigenvalue weighted by Crippen LogP contribution is 2.40. The number of benzene rings is 5. The number of fused-ring (bicyclic) bond motifs is 4. The highest BCUT2D eigenvalue weighted by Gasteiger charge is 2.24. The molecule has 2 fully saturated rings. The summed E-state index contributed by atoms with van der Waals surface area (Å²) >= 11 is 0. The van der Waals surface area contributed by atoms with Crippen LogP contribution in [-0.4, -0.2) is 6.61 Å². The molecule has 0 N–H and O–H groups in total. The maximum atomic E-state index is 6.54. The molecule has 41 heavy (non-hydrogen) atoms. The van der Waals surface area contributed by atoms with Gasteiger partial charge in [0.05, 0.1) is 6.10 Å². The van der Waals surface area contributed by atoms with Gasteiger partial charge >= 0.3 is 0 Å². The molecule has 1 heterocycles. The highest BCUT2D eigenvalue weighted by molar-refractivity contribution is 6.08. The average Bonchev–Trinajstić information content (AvgIpc) is 2.99. The molecule has 1 atom stereocenters. The van der Waals surface area contributed by atoms with Crippen LogP contribution < -0.4 is 0 Å². The summed E-state index contributed by atoms with van der Waals surface area (Å²) in [5.41, 5.74) is 3.07. The zero-order valence-corrected chi connectivity index (χ0v) is 24.8. The molecule has 1 saturated carbocycles. The Balaban J connectivity index is 1.29. The van der Waals surface area contributed by atoms with E-state index in [1.54, 1.807) is 5.56 Å². The predicted octanol–water partition coefficient (Wildman–Crippen LogP) is 12.0. The molecule has 1 nitrogen and oxygen atoms in total. The van der Waals surface area contributed by atoms with Crippen molar-refractivity contribution in [2.75, 3.05) is 6.61 Å². The maximum Gasteiger partial charge on any atom is 0.0833 e. The molecule has 1 unspecified atom stereocenters. The summed E-state index contributed by atoms with van der Waals surface area (Å²) in [7, 11) is 0. The fourth-order valence-corrected chi connectivity index (χ4v) is 7.88. The molecule has 1 aliphatic heterocycles. The van der Waals surface area contributed by atoms with Crippen molar-refractivity contribution in [1.82, 2.24) is 0 Å². The zero-order chi connectivity index (χ0) is 27.4. The molecule has 1 saturated heterocycles. The summed E-state index contributed by atoms with van der Waals surface area (Å²) in [4.78, 5) is 0. The third-order valence-electron chi connectivity index (χ3n) is 10.2. The van der Waals surface area contributed by atoms with Crippen molar-refractivity contribution in [3.8, 4) is 0 Å². The Morgan fingerprint density at radius 3 is 1.63 bits per heavy atom. The molecule has 7 rings (SSSR count). The number of hydrogen-bond acceptors (Lipinski definition) is 1. The molecule has 0 bridgehead atoms. The Morgan fingerprint density at radius 2 is 1.02 bits per heavy atom. The molecule has 2 aliphatic rings. The molecular weight excluding hydrogens is 496 g/mol. The quantitative estimate of drug-likeness (QED) is 0.206. The van der Waals surface area contributed by atoms with Gasteiger partial charge < -0.3 is 4.74 Å². The van der Waals surface area contributed by atoms with Crippen LogP contribution in [0.2, 0.25) is 0 Å². The number of hydrogen-bond donors (Lipinski definition) is 0. The standard InChI is InChI=1S/C40H46O/c1-2-4-6-8-14-29(15-9-7-5-3-1)22-33-20-19-32-25-36-26-34-23-30-16-10-11-17-31(30)24-35(34)27-37(36)28-38(32)40(33)39-18-12-13-21-41-39/h10-11,16-17,19-20,23-29,39H,1-9,12-15,18,21-22H2. The van der Waals surface area contributed by atoms with Crippen molar-refractivity contribution in [1.29, 1.82) is 0 Å². The lowest BCUT2D eigenvalue weighted by Gasteiger charge is -2.28. The van der Waals surface area contributed by atoms with Gasteiger partial charge in [-0.25, -0.2) is 0 Å². The maximum absolute atomic E-state index is 6.54. The first-order chi connectivity index (χ1) is 20.3. The van der Waals surface area contributed by atoms with Crippen LogP contribution in [0.3, 0.4) is 0 Å². The summed E-state index contributed by atoms with van der Waals surface area (Å²) in [6.07, 6.45) is 20.7. The lowest BCUT2D eigenvalue weighted by atomic mass is 9.83. The molecule has 0 radical (unpaired) electrons. The highest BCUT2D eigenvalue weighted by atomic mass is 16.5. The van der Waals surface area contributed by atoms with Gasteiger partial charge in [0.1, 0.15) is 0 Å². The number of ether oxygens (including phenoxy) is 1. The van der Waals surface area contributed by atoms with Crippen LogP contribution in [0.15, 0.2) is 72.8 Å². The third-order valence-corrected chi connectivity index (χ3v) is 10.2. The topological polar surface area (TPSA) is 9.23 Å². The summed E-state index contributed by atoms with van der Waals surface area (Å²) < 4.78 is 6.54. The lowest BCUT2D eigenvalue weighted by molar-refractivity contribution is 0.0152. The Labute approximate surface area is 246 Å². The molecule has 0 aromatic heterocycles. The van der Waals surface area contributed by atoms with Gasteiger partial charge in [-0.3, -0.25) is 0 Å². The van der Waals surface area contributed by atoms with E-state index in [1.807, 2.05) is 0 Å². The van der Waals surface area contributed by atoms with E-state index >= 15 is 0 Å². The van der Waals surface area contributed by atoms with E-state index in [4.69, 9.17) is 4.74 Å². The van der Waals surface area contributed by atoms with E-state index in [-0.39, 0.29) is 6.10 Å². The van der Waals surface area contributed by atoms with E-state index in [9.17, 15) is 0 Å². The van der Waals surface area contributed by atoms with Crippen LogP contribution in [0.25, 0.3) is 43.1 Å². The molecule has 5 aromatic rings. The van der Waals surface area contributed by atoms with Crippen molar-refractivity contribution in [2.24, 2.45) is 5.92 Å². The Bertz CT molecular complexity index is 1630. The van der Waals surface area contributed by atoms with Crippen molar-refractivity contribution < 1.29 is 4.74 Å². The van der Waals surface area contributed by atoms with Crippen molar-refractivity contribution in [3.05, 3.63) is 83.9 Å². The van der Waals surface area contributed by atoms with E-state index < -0.39 is 0 Å². The molecule has 5 aromatic carbocycles. The lowest BCUT2D eigenvalue weighted by Crippen LogP contribution is -2.16. The van der Waals surface area contributed by atoms with Gasteiger partial charge in [0, 0.05) is 6.61 Å². The smallest absolute Gasteiger partial charge is 0.0833 e.